The van der Waals surface area contributed by atoms with Crippen LogP contribution in [0.4, 0.5) is 0 Å². The predicted molar refractivity (Wildman–Crippen MR) is 39.1 cm³/mol. The van der Waals surface area contributed by atoms with Gasteiger partial charge >= 0.3 is 0 Å². The fraction of sp³-hybridized carbons (Fsp3) is 0.571. The van der Waals surface area contributed by atoms with Gasteiger partial charge in [-0.2, -0.15) is 0 Å². The van der Waals surface area contributed by atoms with Gasteiger partial charge in [-0.3, -0.25) is 14.4 Å². The molecule has 4 heteroatoms. The quantitative estimate of drug-likeness (QED) is 0.564. The summed E-state index contributed by atoms with van der Waals surface area (Å²) in [6.07, 6.45) is 0. The number of hydrogen-bond acceptors (Lipinski definition) is 4. The molecule has 0 aliphatic heterocycles. The summed E-state index contributed by atoms with van der Waals surface area (Å²) >= 11 is 0. The minimum Gasteiger partial charge on any atom is -0.389 e. The van der Waals surface area contributed by atoms with Gasteiger partial charge in [-0.25, -0.2) is 0 Å². The third-order valence-corrected chi connectivity index (χ3v) is 0.718. The number of rotatable bonds is 2. The molecule has 0 aromatic rings. The second-order valence-electron chi connectivity index (χ2n) is 1.97. The molecule has 0 unspecified atom stereocenters. The first kappa shape index (κ1) is 12.6. The normalized spacial score (nSPS) is 7.64. The third-order valence-electron chi connectivity index (χ3n) is 0.718. The van der Waals surface area contributed by atoms with Crippen LogP contribution in [-0.2, 0) is 14.4 Å². The van der Waals surface area contributed by atoms with Crippen LogP contribution in [0.15, 0.2) is 0 Å². The van der Waals surface area contributed by atoms with Gasteiger partial charge in [-0.05, 0) is 6.92 Å². The molecule has 4 nitrogen and oxygen atoms in total. The van der Waals surface area contributed by atoms with E-state index in [0.717, 1.165) is 0 Å². The van der Waals surface area contributed by atoms with Crippen LogP contribution >= 0.6 is 0 Å². The van der Waals surface area contributed by atoms with Crippen molar-refractivity contribution in [3.63, 3.8) is 0 Å². The molecule has 0 saturated heterocycles. The summed E-state index contributed by atoms with van der Waals surface area (Å²) in [5.41, 5.74) is 0. The minimum absolute atomic E-state index is 0.190. The lowest BCUT2D eigenvalue weighted by atomic mass is 10.3. The van der Waals surface area contributed by atoms with Crippen molar-refractivity contribution in [2.75, 3.05) is 6.61 Å². The number of aliphatic hydroxyl groups is 1. The Kier molecular flexibility index (Phi) is 8.13. The van der Waals surface area contributed by atoms with Crippen molar-refractivity contribution in [3.05, 3.63) is 0 Å². The molecular weight excluding hydrogens is 148 g/mol. The molecule has 64 valence electrons. The summed E-state index contributed by atoms with van der Waals surface area (Å²) in [5, 5.41) is 7.79. The average Bonchev–Trinajstić information content (AvgIpc) is 1.89. The highest BCUT2D eigenvalue weighted by Crippen LogP contribution is 1.66. The number of ketones is 3. The molecule has 0 saturated carbocycles. The Labute approximate surface area is 65.2 Å². The highest BCUT2D eigenvalue weighted by atomic mass is 16.3. The van der Waals surface area contributed by atoms with Gasteiger partial charge in [0.2, 0.25) is 0 Å². The van der Waals surface area contributed by atoms with Gasteiger partial charge in [0.25, 0.3) is 0 Å². The first-order valence-corrected chi connectivity index (χ1v) is 3.03. The summed E-state index contributed by atoms with van der Waals surface area (Å²) in [7, 11) is 0. The fourth-order valence-corrected chi connectivity index (χ4v) is 0. The van der Waals surface area contributed by atoms with Gasteiger partial charge < -0.3 is 5.11 Å². The minimum atomic E-state index is -0.380. The Morgan fingerprint density at radius 2 is 1.18 bits per heavy atom. The van der Waals surface area contributed by atoms with Crippen molar-refractivity contribution < 1.29 is 19.5 Å². The number of Topliss-reactive ketones (excluding diaryl/α,β-unsaturated/α-hetero) is 3. The number of carbonyl (C=O) groups excluding carboxylic acids is 3. The van der Waals surface area contributed by atoms with E-state index in [9.17, 15) is 14.4 Å². The standard InChI is InChI=1S/C4H6O2.C3H6O2/c1-3(5)4(2)6;1-3(5)2-4/h1-2H3;4H,2H2,1H3. The molecule has 0 aliphatic carbocycles. The van der Waals surface area contributed by atoms with E-state index >= 15 is 0 Å². The maximum atomic E-state index is 9.79. The first-order valence-electron chi connectivity index (χ1n) is 3.03. The maximum Gasteiger partial charge on any atom is 0.195 e. The highest BCUT2D eigenvalue weighted by molar-refractivity contribution is 6.35. The summed E-state index contributed by atoms with van der Waals surface area (Å²) in [5.74, 6) is -0.949. The first-order chi connectivity index (χ1) is 4.91. The Bertz CT molecular complexity index is 148. The topological polar surface area (TPSA) is 71.4 Å². The van der Waals surface area contributed by atoms with Crippen LogP contribution in [0.2, 0.25) is 0 Å². The zero-order valence-electron chi connectivity index (χ0n) is 6.88. The number of carbonyl (C=O) groups is 3. The Balaban J connectivity index is 0. The lowest BCUT2D eigenvalue weighted by molar-refractivity contribution is -0.134. The Morgan fingerprint density at radius 3 is 1.18 bits per heavy atom. The van der Waals surface area contributed by atoms with E-state index in [-0.39, 0.29) is 24.0 Å². The van der Waals surface area contributed by atoms with E-state index in [2.05, 4.69) is 0 Å². The third kappa shape index (κ3) is 17.6. The van der Waals surface area contributed by atoms with E-state index < -0.39 is 0 Å². The van der Waals surface area contributed by atoms with Crippen molar-refractivity contribution in [2.45, 2.75) is 20.8 Å². The van der Waals surface area contributed by atoms with Crippen LogP contribution in [0.25, 0.3) is 0 Å². The molecule has 0 rings (SSSR count). The average molecular weight is 160 g/mol. The molecule has 0 atom stereocenters. The lowest BCUT2D eigenvalue weighted by Gasteiger charge is -1.73. The van der Waals surface area contributed by atoms with Crippen LogP contribution in [0.3, 0.4) is 0 Å². The van der Waals surface area contributed by atoms with Gasteiger partial charge in [0, 0.05) is 13.8 Å². The molecule has 0 aromatic carbocycles. The molecule has 0 aliphatic rings. The second-order valence-corrected chi connectivity index (χ2v) is 1.97. The van der Waals surface area contributed by atoms with Crippen LogP contribution in [0, 0.1) is 0 Å². The van der Waals surface area contributed by atoms with Crippen LogP contribution < -0.4 is 0 Å². The zero-order chi connectivity index (χ0) is 9.44. The molecule has 0 amide bonds. The van der Waals surface area contributed by atoms with E-state index in [1.54, 1.807) is 0 Å². The second kappa shape index (κ2) is 7.08. The molecule has 11 heavy (non-hydrogen) atoms. The van der Waals surface area contributed by atoms with Crippen molar-refractivity contribution in [2.24, 2.45) is 0 Å². The maximum absolute atomic E-state index is 9.79. The van der Waals surface area contributed by atoms with Gasteiger partial charge in [0.05, 0.1) is 0 Å². The van der Waals surface area contributed by atoms with Gasteiger partial charge in [0.1, 0.15) is 6.61 Å². The smallest absolute Gasteiger partial charge is 0.195 e. The SMILES string of the molecule is CC(=O)C(C)=O.CC(=O)CO. The highest BCUT2D eigenvalue weighted by Gasteiger charge is 1.94. The molecule has 0 heterocycles. The van der Waals surface area contributed by atoms with Crippen LogP contribution in [0.5, 0.6) is 0 Å². The summed E-state index contributed by atoms with van der Waals surface area (Å²) in [6, 6.07) is 0. The van der Waals surface area contributed by atoms with Crippen LogP contribution in [0.1, 0.15) is 20.8 Å². The summed E-state index contributed by atoms with van der Waals surface area (Å²) in [4.78, 5) is 29.2. The van der Waals surface area contributed by atoms with Crippen molar-refractivity contribution in [3.8, 4) is 0 Å². The summed E-state index contributed by atoms with van der Waals surface area (Å²) < 4.78 is 0. The molecule has 0 fully saturated rings. The molecule has 0 radical (unpaired) electrons. The number of hydrogen-bond donors (Lipinski definition) is 1. The number of aliphatic hydroxyl groups excluding tert-OH is 1. The largest absolute Gasteiger partial charge is 0.389 e. The summed E-state index contributed by atoms with van der Waals surface area (Å²) in [6.45, 7) is 3.50. The zero-order valence-corrected chi connectivity index (χ0v) is 6.88. The molecule has 0 aromatic heterocycles. The van der Waals surface area contributed by atoms with Gasteiger partial charge in [0.15, 0.2) is 17.3 Å². The van der Waals surface area contributed by atoms with E-state index in [0.29, 0.717) is 0 Å². The molecule has 0 bridgehead atoms. The van der Waals surface area contributed by atoms with Crippen molar-refractivity contribution >= 4 is 17.3 Å². The predicted octanol–water partition coefficient (Wildman–Crippen LogP) is -0.268. The van der Waals surface area contributed by atoms with Gasteiger partial charge in [-0.1, -0.05) is 0 Å². The van der Waals surface area contributed by atoms with Crippen LogP contribution in [-0.4, -0.2) is 29.1 Å². The molecule has 0 spiro atoms. The van der Waals surface area contributed by atoms with E-state index in [1.165, 1.54) is 20.8 Å². The Hall–Kier alpha value is -1.03. The van der Waals surface area contributed by atoms with Crippen molar-refractivity contribution in [1.29, 1.82) is 0 Å². The van der Waals surface area contributed by atoms with Gasteiger partial charge in [-0.15, -0.1) is 0 Å². The van der Waals surface area contributed by atoms with E-state index in [4.69, 9.17) is 5.11 Å². The molecule has 1 N–H and O–H groups in total. The lowest BCUT2D eigenvalue weighted by Crippen LogP contribution is -2.01. The molecular formula is C7H12O4. The van der Waals surface area contributed by atoms with Crippen molar-refractivity contribution in [1.82, 2.24) is 0 Å². The Morgan fingerprint density at radius 1 is 1.00 bits per heavy atom. The van der Waals surface area contributed by atoms with E-state index in [1.807, 2.05) is 0 Å². The monoisotopic (exact) mass is 160 g/mol. The fourth-order valence-electron chi connectivity index (χ4n) is 0.